The van der Waals surface area contributed by atoms with E-state index < -0.39 is 0 Å². The van der Waals surface area contributed by atoms with Crippen LogP contribution in [0.25, 0.3) is 0 Å². The van der Waals surface area contributed by atoms with Gasteiger partial charge in [0.1, 0.15) is 0 Å². The number of urea groups is 1. The quantitative estimate of drug-likeness (QED) is 0.702. The van der Waals surface area contributed by atoms with Crippen LogP contribution in [0.15, 0.2) is 36.9 Å². The van der Waals surface area contributed by atoms with Crippen molar-refractivity contribution >= 4 is 17.6 Å². The number of anilines is 1. The predicted molar refractivity (Wildman–Crippen MR) is 85.0 cm³/mol. The van der Waals surface area contributed by atoms with Gasteiger partial charge in [-0.15, -0.1) is 6.58 Å². The summed E-state index contributed by atoms with van der Waals surface area (Å²) < 4.78 is 5.43. The zero-order chi connectivity index (χ0) is 15.8. The first-order valence-corrected chi connectivity index (χ1v) is 7.34. The number of ether oxygens (including phenoxy) is 1. The van der Waals surface area contributed by atoms with Crippen LogP contribution in [0.1, 0.15) is 23.2 Å². The zero-order valence-corrected chi connectivity index (χ0v) is 12.4. The predicted octanol–water partition coefficient (Wildman–Crippen LogP) is 1.90. The van der Waals surface area contributed by atoms with Crippen LogP contribution in [0.5, 0.6) is 0 Å². The third kappa shape index (κ3) is 4.89. The topological polar surface area (TPSA) is 79.5 Å². The molecule has 0 radical (unpaired) electrons. The Morgan fingerprint density at radius 3 is 2.68 bits per heavy atom. The molecule has 1 fully saturated rings. The van der Waals surface area contributed by atoms with Gasteiger partial charge >= 0.3 is 6.03 Å². The Morgan fingerprint density at radius 1 is 1.27 bits per heavy atom. The van der Waals surface area contributed by atoms with Crippen LogP contribution in [-0.2, 0) is 4.74 Å². The van der Waals surface area contributed by atoms with Gasteiger partial charge in [-0.3, -0.25) is 4.79 Å². The summed E-state index contributed by atoms with van der Waals surface area (Å²) in [5.41, 5.74) is 1.16. The van der Waals surface area contributed by atoms with Crippen LogP contribution in [-0.4, -0.2) is 37.7 Å². The first-order valence-electron chi connectivity index (χ1n) is 7.34. The van der Waals surface area contributed by atoms with Crippen molar-refractivity contribution in [2.45, 2.75) is 18.9 Å². The van der Waals surface area contributed by atoms with Gasteiger partial charge < -0.3 is 20.7 Å². The fourth-order valence-electron chi connectivity index (χ4n) is 2.16. The van der Waals surface area contributed by atoms with Crippen molar-refractivity contribution in [2.24, 2.45) is 0 Å². The molecule has 3 N–H and O–H groups in total. The Bertz CT molecular complexity index is 522. The molecule has 6 nitrogen and oxygen atoms in total. The second-order valence-electron chi connectivity index (χ2n) is 5.05. The first-order chi connectivity index (χ1) is 10.7. The molecule has 3 amide bonds. The van der Waals surface area contributed by atoms with Gasteiger partial charge in [0.15, 0.2) is 0 Å². The first kappa shape index (κ1) is 16.0. The molecule has 1 saturated heterocycles. The lowest BCUT2D eigenvalue weighted by molar-refractivity contribution is 0.0958. The van der Waals surface area contributed by atoms with Gasteiger partial charge in [0.2, 0.25) is 0 Å². The molecule has 0 unspecified atom stereocenters. The summed E-state index contributed by atoms with van der Waals surface area (Å²) in [6.07, 6.45) is 3.76. The minimum absolute atomic E-state index is 0.113. The van der Waals surface area contributed by atoms with Crippen molar-refractivity contribution in [3.8, 4) is 0 Å². The Labute approximate surface area is 129 Å². The molecule has 0 spiro atoms. The number of hydrogen-bond acceptors (Lipinski definition) is 3. The minimum atomic E-state index is -0.278. The van der Waals surface area contributed by atoms with E-state index in [0.29, 0.717) is 24.3 Å². The van der Waals surface area contributed by atoms with Crippen LogP contribution in [0.3, 0.4) is 0 Å². The summed E-state index contributed by atoms with van der Waals surface area (Å²) in [5.74, 6) is -0.172. The molecule has 22 heavy (non-hydrogen) atoms. The standard InChI is InChI=1S/C16H21N3O3/c1-2-9-17-15(20)12-5-7-13(8-6-12)19-16(21)18-11-14-4-3-10-22-14/h2,5-8,14H,1,3-4,9-11H2,(H,17,20)(H2,18,19,21)/t14-/m0/s1. The van der Waals surface area contributed by atoms with E-state index in [-0.39, 0.29) is 18.0 Å². The van der Waals surface area contributed by atoms with Crippen molar-refractivity contribution in [3.05, 3.63) is 42.5 Å². The van der Waals surface area contributed by atoms with Gasteiger partial charge in [0.05, 0.1) is 6.10 Å². The fourth-order valence-corrected chi connectivity index (χ4v) is 2.16. The molecule has 1 atom stereocenters. The van der Waals surface area contributed by atoms with E-state index in [2.05, 4.69) is 22.5 Å². The Balaban J connectivity index is 1.78. The lowest BCUT2D eigenvalue weighted by atomic mass is 10.2. The maximum Gasteiger partial charge on any atom is 0.319 e. The Morgan fingerprint density at radius 2 is 2.05 bits per heavy atom. The van der Waals surface area contributed by atoms with E-state index in [1.807, 2.05) is 0 Å². The molecular weight excluding hydrogens is 282 g/mol. The maximum atomic E-state index is 11.8. The molecule has 0 aromatic heterocycles. The summed E-state index contributed by atoms with van der Waals surface area (Å²) in [6.45, 7) is 5.24. The van der Waals surface area contributed by atoms with Gasteiger partial charge in [-0.05, 0) is 37.1 Å². The van der Waals surface area contributed by atoms with Crippen molar-refractivity contribution in [3.63, 3.8) is 0 Å². The smallest absolute Gasteiger partial charge is 0.319 e. The van der Waals surface area contributed by atoms with Crippen molar-refractivity contribution in [1.82, 2.24) is 10.6 Å². The summed E-state index contributed by atoms with van der Waals surface area (Å²) in [4.78, 5) is 23.5. The van der Waals surface area contributed by atoms with Crippen LogP contribution in [0, 0.1) is 0 Å². The molecule has 1 aromatic rings. The molecule has 1 heterocycles. The number of carbonyl (C=O) groups excluding carboxylic acids is 2. The van der Waals surface area contributed by atoms with Gasteiger partial charge in [0.25, 0.3) is 5.91 Å². The van der Waals surface area contributed by atoms with Crippen molar-refractivity contribution in [2.75, 3.05) is 25.0 Å². The van der Waals surface area contributed by atoms with Crippen LogP contribution in [0.2, 0.25) is 0 Å². The highest BCUT2D eigenvalue weighted by atomic mass is 16.5. The van der Waals surface area contributed by atoms with E-state index in [1.54, 1.807) is 30.3 Å². The van der Waals surface area contributed by atoms with Gasteiger partial charge in [-0.1, -0.05) is 6.08 Å². The van der Waals surface area contributed by atoms with Gasteiger partial charge in [-0.2, -0.15) is 0 Å². The number of nitrogens with one attached hydrogen (secondary N) is 3. The average Bonchev–Trinajstić information content (AvgIpc) is 3.05. The molecule has 0 aliphatic carbocycles. The Hall–Kier alpha value is -2.34. The number of carbonyl (C=O) groups is 2. The van der Waals surface area contributed by atoms with E-state index in [4.69, 9.17) is 4.74 Å². The summed E-state index contributed by atoms with van der Waals surface area (Å²) in [7, 11) is 0. The molecule has 0 bridgehead atoms. The molecule has 118 valence electrons. The third-order valence-electron chi connectivity index (χ3n) is 3.33. The summed E-state index contributed by atoms with van der Waals surface area (Å²) >= 11 is 0. The van der Waals surface area contributed by atoms with E-state index in [0.717, 1.165) is 19.4 Å². The summed E-state index contributed by atoms with van der Waals surface area (Å²) in [6, 6.07) is 6.42. The second-order valence-corrected chi connectivity index (χ2v) is 5.05. The molecule has 2 rings (SSSR count). The number of rotatable bonds is 6. The maximum absolute atomic E-state index is 11.8. The van der Waals surface area contributed by atoms with Crippen molar-refractivity contribution in [1.29, 1.82) is 0 Å². The normalized spacial score (nSPS) is 16.8. The van der Waals surface area contributed by atoms with Crippen LogP contribution in [0.4, 0.5) is 10.5 Å². The second kappa shape index (κ2) is 8.19. The highest BCUT2D eigenvalue weighted by Gasteiger charge is 2.16. The van der Waals surface area contributed by atoms with Gasteiger partial charge in [0, 0.05) is 30.9 Å². The molecule has 6 heteroatoms. The highest BCUT2D eigenvalue weighted by Crippen LogP contribution is 2.11. The monoisotopic (exact) mass is 303 g/mol. The van der Waals surface area contributed by atoms with E-state index in [9.17, 15) is 9.59 Å². The lowest BCUT2D eigenvalue weighted by Gasteiger charge is -2.12. The largest absolute Gasteiger partial charge is 0.376 e. The molecular formula is C16H21N3O3. The average molecular weight is 303 g/mol. The lowest BCUT2D eigenvalue weighted by Crippen LogP contribution is -2.35. The van der Waals surface area contributed by atoms with E-state index >= 15 is 0 Å². The minimum Gasteiger partial charge on any atom is -0.376 e. The summed E-state index contributed by atoms with van der Waals surface area (Å²) in [5, 5.41) is 8.18. The number of hydrogen-bond donors (Lipinski definition) is 3. The Kier molecular flexibility index (Phi) is 5.97. The van der Waals surface area contributed by atoms with Crippen LogP contribution < -0.4 is 16.0 Å². The fraction of sp³-hybridized carbons (Fsp3) is 0.375. The highest BCUT2D eigenvalue weighted by molar-refractivity contribution is 5.95. The van der Waals surface area contributed by atoms with Gasteiger partial charge in [-0.25, -0.2) is 4.79 Å². The zero-order valence-electron chi connectivity index (χ0n) is 12.4. The van der Waals surface area contributed by atoms with Crippen LogP contribution >= 0.6 is 0 Å². The van der Waals surface area contributed by atoms with E-state index in [1.165, 1.54) is 0 Å². The molecule has 1 aromatic carbocycles. The number of amides is 3. The third-order valence-corrected chi connectivity index (χ3v) is 3.33. The van der Waals surface area contributed by atoms with Crippen molar-refractivity contribution < 1.29 is 14.3 Å². The molecule has 1 aliphatic rings. The SMILES string of the molecule is C=CCNC(=O)c1ccc(NC(=O)NC[C@@H]2CCCO2)cc1. The molecule has 0 saturated carbocycles. The number of benzene rings is 1. The molecule has 1 aliphatic heterocycles.